The number of amides is 1. The van der Waals surface area contributed by atoms with E-state index in [9.17, 15) is 9.59 Å². The fraction of sp³-hybridized carbons (Fsp3) is 0.867. The quantitative estimate of drug-likeness (QED) is 0.551. The number of aliphatic carboxylic acids is 1. The minimum absolute atomic E-state index is 0.0714. The minimum atomic E-state index is -0.785. The molecule has 4 heteroatoms. The Morgan fingerprint density at radius 1 is 1.11 bits per heavy atom. The molecule has 4 nitrogen and oxygen atoms in total. The highest BCUT2D eigenvalue weighted by Gasteiger charge is 2.20. The van der Waals surface area contributed by atoms with E-state index in [2.05, 4.69) is 12.2 Å². The van der Waals surface area contributed by atoms with Crippen molar-refractivity contribution in [2.45, 2.75) is 77.2 Å². The topological polar surface area (TPSA) is 66.4 Å². The highest BCUT2D eigenvalue weighted by atomic mass is 16.4. The van der Waals surface area contributed by atoms with Gasteiger partial charge >= 0.3 is 5.97 Å². The Labute approximate surface area is 116 Å². The molecule has 110 valence electrons. The molecular weight excluding hydrogens is 242 g/mol. The number of nitrogens with one attached hydrogen (secondary N) is 1. The number of carboxylic acids is 1. The van der Waals surface area contributed by atoms with Gasteiger partial charge in [0.1, 0.15) is 0 Å². The molecule has 0 aromatic carbocycles. The number of carbonyl (C=O) groups excluding carboxylic acids is 1. The van der Waals surface area contributed by atoms with Crippen molar-refractivity contribution >= 4 is 11.9 Å². The van der Waals surface area contributed by atoms with E-state index < -0.39 is 5.97 Å². The molecule has 1 amide bonds. The van der Waals surface area contributed by atoms with E-state index in [1.54, 1.807) is 0 Å². The van der Waals surface area contributed by atoms with Crippen LogP contribution in [-0.4, -0.2) is 23.0 Å². The summed E-state index contributed by atoms with van der Waals surface area (Å²) in [5.41, 5.74) is 0. The predicted octanol–water partition coefficient (Wildman–Crippen LogP) is 3.11. The van der Waals surface area contributed by atoms with Gasteiger partial charge in [0.2, 0.25) is 5.91 Å². The molecule has 1 aliphatic carbocycles. The van der Waals surface area contributed by atoms with E-state index in [0.717, 1.165) is 0 Å². The summed E-state index contributed by atoms with van der Waals surface area (Å²) in [6.07, 6.45) is 9.51. The molecular formula is C15H27NO3. The van der Waals surface area contributed by atoms with Gasteiger partial charge in [0.25, 0.3) is 0 Å². The van der Waals surface area contributed by atoms with Crippen LogP contribution in [0.5, 0.6) is 0 Å². The first-order chi connectivity index (χ1) is 9.09. The van der Waals surface area contributed by atoms with Gasteiger partial charge in [0, 0.05) is 18.9 Å². The number of hydrogen-bond acceptors (Lipinski definition) is 2. The monoisotopic (exact) mass is 269 g/mol. The van der Waals surface area contributed by atoms with E-state index in [4.69, 9.17) is 5.11 Å². The fourth-order valence-corrected chi connectivity index (χ4v) is 2.82. The van der Waals surface area contributed by atoms with Gasteiger partial charge in [0.15, 0.2) is 0 Å². The maximum absolute atomic E-state index is 11.8. The highest BCUT2D eigenvalue weighted by molar-refractivity contribution is 5.76. The molecule has 0 heterocycles. The van der Waals surface area contributed by atoms with E-state index in [1.165, 1.54) is 38.5 Å². The van der Waals surface area contributed by atoms with Crippen LogP contribution in [0, 0.1) is 5.92 Å². The van der Waals surface area contributed by atoms with Crippen molar-refractivity contribution in [3.8, 4) is 0 Å². The number of hydrogen-bond donors (Lipinski definition) is 2. The van der Waals surface area contributed by atoms with Crippen molar-refractivity contribution in [2.24, 2.45) is 5.92 Å². The van der Waals surface area contributed by atoms with Gasteiger partial charge in [-0.15, -0.1) is 0 Å². The lowest BCUT2D eigenvalue weighted by Crippen LogP contribution is -2.37. The zero-order valence-electron chi connectivity index (χ0n) is 12.0. The molecule has 2 N–H and O–H groups in total. The maximum atomic E-state index is 11.8. The van der Waals surface area contributed by atoms with Crippen LogP contribution in [0.3, 0.4) is 0 Å². The second-order valence-electron chi connectivity index (χ2n) is 5.71. The molecule has 1 aliphatic rings. The molecule has 1 atom stereocenters. The average Bonchev–Trinajstić information content (AvgIpc) is 2.63. The summed E-state index contributed by atoms with van der Waals surface area (Å²) in [6.45, 7) is 2.10. The van der Waals surface area contributed by atoms with Crippen LogP contribution in [0.25, 0.3) is 0 Å². The molecule has 0 aromatic heterocycles. The van der Waals surface area contributed by atoms with Crippen molar-refractivity contribution < 1.29 is 14.7 Å². The molecule has 1 fully saturated rings. The van der Waals surface area contributed by atoms with E-state index in [1.807, 2.05) is 0 Å². The Morgan fingerprint density at radius 3 is 2.26 bits per heavy atom. The number of rotatable bonds is 7. The van der Waals surface area contributed by atoms with Crippen LogP contribution in [0.15, 0.2) is 0 Å². The van der Waals surface area contributed by atoms with Crippen LogP contribution in [0.2, 0.25) is 0 Å². The van der Waals surface area contributed by atoms with E-state index in [-0.39, 0.29) is 18.4 Å². The minimum Gasteiger partial charge on any atom is -0.481 e. The third-order valence-corrected chi connectivity index (χ3v) is 4.04. The first-order valence-electron chi connectivity index (χ1n) is 7.60. The maximum Gasteiger partial charge on any atom is 0.303 e. The van der Waals surface area contributed by atoms with Crippen molar-refractivity contribution in [3.05, 3.63) is 0 Å². The third-order valence-electron chi connectivity index (χ3n) is 4.04. The summed E-state index contributed by atoms with van der Waals surface area (Å²) in [5.74, 6) is -0.0974. The van der Waals surface area contributed by atoms with Crippen molar-refractivity contribution in [3.63, 3.8) is 0 Å². The smallest absolute Gasteiger partial charge is 0.303 e. The molecule has 1 rings (SSSR count). The summed E-state index contributed by atoms with van der Waals surface area (Å²) in [7, 11) is 0. The van der Waals surface area contributed by atoms with Gasteiger partial charge in [-0.25, -0.2) is 0 Å². The summed E-state index contributed by atoms with van der Waals surface area (Å²) in [5, 5.41) is 11.6. The Kier molecular flexibility index (Phi) is 7.53. The van der Waals surface area contributed by atoms with Crippen molar-refractivity contribution in [2.75, 3.05) is 0 Å². The van der Waals surface area contributed by atoms with Crippen molar-refractivity contribution in [1.82, 2.24) is 5.32 Å². The summed E-state index contributed by atoms with van der Waals surface area (Å²) < 4.78 is 0. The van der Waals surface area contributed by atoms with E-state index in [0.29, 0.717) is 25.2 Å². The molecule has 0 radical (unpaired) electrons. The van der Waals surface area contributed by atoms with Crippen molar-refractivity contribution in [1.29, 1.82) is 0 Å². The molecule has 0 spiro atoms. The largest absolute Gasteiger partial charge is 0.481 e. The van der Waals surface area contributed by atoms with Crippen LogP contribution in [-0.2, 0) is 9.59 Å². The number of unbranched alkanes of at least 4 members (excludes halogenated alkanes) is 1. The second-order valence-corrected chi connectivity index (χ2v) is 5.71. The Morgan fingerprint density at radius 2 is 1.68 bits per heavy atom. The van der Waals surface area contributed by atoms with Gasteiger partial charge in [-0.3, -0.25) is 9.59 Å². The Balaban J connectivity index is 2.17. The van der Waals surface area contributed by atoms with Crippen LogP contribution < -0.4 is 5.32 Å². The number of carbonyl (C=O) groups is 2. The lowest BCUT2D eigenvalue weighted by molar-refractivity contribution is -0.137. The average molecular weight is 269 g/mol. The van der Waals surface area contributed by atoms with Crippen LogP contribution in [0.4, 0.5) is 0 Å². The van der Waals surface area contributed by atoms with Crippen LogP contribution in [0.1, 0.15) is 71.1 Å². The molecule has 0 saturated heterocycles. The Hall–Kier alpha value is -1.06. The zero-order chi connectivity index (χ0) is 14.1. The second kappa shape index (κ2) is 8.94. The molecule has 0 unspecified atom stereocenters. The molecule has 19 heavy (non-hydrogen) atoms. The summed E-state index contributed by atoms with van der Waals surface area (Å²) in [6, 6.07) is 0.255. The first-order valence-corrected chi connectivity index (χ1v) is 7.60. The van der Waals surface area contributed by atoms with Gasteiger partial charge in [0.05, 0.1) is 0 Å². The standard InChI is InChI=1S/C15H27NO3/c1-12(13-8-4-2-3-5-9-13)16-14(17)10-6-7-11-15(18)19/h12-13H,2-11H2,1H3,(H,16,17)(H,18,19)/t12-/m1/s1. The van der Waals surface area contributed by atoms with Gasteiger partial charge in [-0.2, -0.15) is 0 Å². The SMILES string of the molecule is C[C@@H](NC(=O)CCCCC(=O)O)C1CCCCCC1. The number of carboxylic acid groups (broad SMARTS) is 1. The van der Waals surface area contributed by atoms with Gasteiger partial charge < -0.3 is 10.4 Å². The zero-order valence-corrected chi connectivity index (χ0v) is 12.0. The summed E-state index contributed by atoms with van der Waals surface area (Å²) >= 11 is 0. The fourth-order valence-electron chi connectivity index (χ4n) is 2.82. The van der Waals surface area contributed by atoms with Crippen LogP contribution >= 0.6 is 0 Å². The highest BCUT2D eigenvalue weighted by Crippen LogP contribution is 2.25. The molecule has 0 aliphatic heterocycles. The lowest BCUT2D eigenvalue weighted by Gasteiger charge is -2.23. The normalized spacial score (nSPS) is 18.6. The van der Waals surface area contributed by atoms with Gasteiger partial charge in [-0.1, -0.05) is 25.7 Å². The summed E-state index contributed by atoms with van der Waals surface area (Å²) in [4.78, 5) is 22.1. The molecule has 0 aromatic rings. The first kappa shape index (κ1) is 16.0. The molecule has 0 bridgehead atoms. The lowest BCUT2D eigenvalue weighted by atomic mass is 9.93. The van der Waals surface area contributed by atoms with Gasteiger partial charge in [-0.05, 0) is 38.5 Å². The van der Waals surface area contributed by atoms with E-state index >= 15 is 0 Å². The Bertz CT molecular complexity index is 283. The molecule has 1 saturated carbocycles. The third kappa shape index (κ3) is 7.19. The predicted molar refractivity (Wildman–Crippen MR) is 74.9 cm³/mol.